The number of nitrogens with zero attached hydrogens (tertiary/aromatic N) is 1. The Kier molecular flexibility index (Phi) is 6.69. The molecule has 24 heavy (non-hydrogen) atoms. The molecule has 0 heterocycles. The van der Waals surface area contributed by atoms with Crippen molar-refractivity contribution in [3.63, 3.8) is 0 Å². The SMILES string of the molecule is CC(C)(C)S(=O)/N=C(/CO[Si](C)(C)C(C)(C)C)c1ccc(F)cc1. The van der Waals surface area contributed by atoms with Crippen molar-refractivity contribution in [3.05, 3.63) is 35.6 Å². The maximum absolute atomic E-state index is 13.2. The standard InChI is InChI=1S/C18H30FNO2SSi/c1-17(2,3)23(21)20-16(14-9-11-15(19)12-10-14)13-22-24(7,8)18(4,5)6/h9-12H,13H2,1-8H3/b20-16-. The third-order valence-electron chi connectivity index (χ3n) is 4.27. The zero-order valence-corrected chi connectivity index (χ0v) is 17.9. The molecule has 0 N–H and O–H groups in total. The minimum absolute atomic E-state index is 0.0735. The van der Waals surface area contributed by atoms with Crippen molar-refractivity contribution in [2.75, 3.05) is 6.61 Å². The smallest absolute Gasteiger partial charge is 0.192 e. The first-order chi connectivity index (χ1) is 10.7. The molecule has 0 saturated heterocycles. The van der Waals surface area contributed by atoms with E-state index in [9.17, 15) is 8.60 Å². The molecule has 0 fully saturated rings. The van der Waals surface area contributed by atoms with Crippen LogP contribution in [0.15, 0.2) is 28.7 Å². The average Bonchev–Trinajstić information content (AvgIpc) is 2.42. The summed E-state index contributed by atoms with van der Waals surface area (Å²) < 4.78 is 35.8. The highest BCUT2D eigenvalue weighted by molar-refractivity contribution is 7.85. The summed E-state index contributed by atoms with van der Waals surface area (Å²) in [5.41, 5.74) is 1.35. The Morgan fingerprint density at radius 3 is 2.04 bits per heavy atom. The maximum atomic E-state index is 13.2. The monoisotopic (exact) mass is 371 g/mol. The van der Waals surface area contributed by atoms with E-state index in [2.05, 4.69) is 38.3 Å². The molecule has 1 aromatic rings. The molecule has 0 saturated carbocycles. The van der Waals surface area contributed by atoms with Crippen LogP contribution < -0.4 is 0 Å². The van der Waals surface area contributed by atoms with E-state index in [4.69, 9.17) is 4.43 Å². The molecular formula is C18H30FNO2SSi. The van der Waals surface area contributed by atoms with Gasteiger partial charge in [-0.1, -0.05) is 32.9 Å². The molecule has 0 aromatic heterocycles. The van der Waals surface area contributed by atoms with Gasteiger partial charge in [0.05, 0.1) is 17.1 Å². The quantitative estimate of drug-likeness (QED) is 0.533. The molecule has 0 spiro atoms. The number of benzene rings is 1. The Morgan fingerprint density at radius 2 is 1.62 bits per heavy atom. The fraction of sp³-hybridized carbons (Fsp3) is 0.611. The van der Waals surface area contributed by atoms with E-state index < -0.39 is 24.1 Å². The molecule has 0 aliphatic heterocycles. The number of rotatable bonds is 5. The summed E-state index contributed by atoms with van der Waals surface area (Å²) in [5.74, 6) is -0.305. The lowest BCUT2D eigenvalue weighted by molar-refractivity contribution is 0.340. The second-order valence-corrected chi connectivity index (χ2v) is 15.2. The molecule has 1 atom stereocenters. The first kappa shape index (κ1) is 21.2. The van der Waals surface area contributed by atoms with Crippen LogP contribution in [0.2, 0.25) is 18.1 Å². The van der Waals surface area contributed by atoms with Gasteiger partial charge in [0.1, 0.15) is 16.8 Å². The normalized spacial score (nSPS) is 15.5. The second kappa shape index (κ2) is 7.58. The third kappa shape index (κ3) is 5.90. The summed E-state index contributed by atoms with van der Waals surface area (Å²) in [5, 5.41) is 0.0735. The topological polar surface area (TPSA) is 38.7 Å². The average molecular weight is 372 g/mol. The minimum atomic E-state index is -1.96. The zero-order chi connectivity index (χ0) is 18.8. The van der Waals surface area contributed by atoms with Crippen molar-refractivity contribution in [2.45, 2.75) is 64.4 Å². The van der Waals surface area contributed by atoms with Gasteiger partial charge in [-0.25, -0.2) is 8.60 Å². The fourth-order valence-electron chi connectivity index (χ4n) is 1.51. The molecule has 0 bridgehead atoms. The Bertz CT molecular complexity index is 613. The van der Waals surface area contributed by atoms with Crippen molar-refractivity contribution in [1.29, 1.82) is 0 Å². The van der Waals surface area contributed by atoms with E-state index in [1.54, 1.807) is 12.1 Å². The summed E-state index contributed by atoms with van der Waals surface area (Å²) >= 11 is 0. The van der Waals surface area contributed by atoms with Crippen LogP contribution in [-0.2, 0) is 15.4 Å². The maximum Gasteiger partial charge on any atom is 0.192 e. The minimum Gasteiger partial charge on any atom is -0.411 e. The molecule has 136 valence electrons. The Hall–Kier alpha value is -0.853. The molecule has 0 aliphatic rings. The fourth-order valence-corrected chi connectivity index (χ4v) is 3.07. The summed E-state index contributed by atoms with van der Waals surface area (Å²) in [6.45, 7) is 16.7. The molecule has 1 unspecified atom stereocenters. The van der Waals surface area contributed by atoms with E-state index in [0.29, 0.717) is 5.71 Å². The van der Waals surface area contributed by atoms with E-state index >= 15 is 0 Å². The van der Waals surface area contributed by atoms with E-state index in [1.165, 1.54) is 12.1 Å². The predicted octanol–water partition coefficient (Wildman–Crippen LogP) is 5.10. The highest BCUT2D eigenvalue weighted by atomic mass is 32.2. The number of hydrogen-bond acceptors (Lipinski definition) is 2. The zero-order valence-electron chi connectivity index (χ0n) is 16.1. The predicted molar refractivity (Wildman–Crippen MR) is 104 cm³/mol. The lowest BCUT2D eigenvalue weighted by Gasteiger charge is -2.36. The molecule has 1 rings (SSSR count). The van der Waals surface area contributed by atoms with Crippen LogP contribution in [0.5, 0.6) is 0 Å². The van der Waals surface area contributed by atoms with Gasteiger partial charge in [-0.15, -0.1) is 0 Å². The molecular weight excluding hydrogens is 341 g/mol. The molecule has 6 heteroatoms. The van der Waals surface area contributed by atoms with E-state index in [0.717, 1.165) is 5.56 Å². The van der Waals surface area contributed by atoms with Crippen LogP contribution >= 0.6 is 0 Å². The van der Waals surface area contributed by atoms with Gasteiger partial charge >= 0.3 is 0 Å². The first-order valence-corrected chi connectivity index (χ1v) is 12.1. The van der Waals surface area contributed by atoms with Gasteiger partial charge in [-0.05, 0) is 56.6 Å². The van der Waals surface area contributed by atoms with Crippen molar-refractivity contribution < 1.29 is 13.0 Å². The highest BCUT2D eigenvalue weighted by Crippen LogP contribution is 2.36. The molecule has 0 radical (unpaired) electrons. The first-order valence-electron chi connectivity index (χ1n) is 8.13. The van der Waals surface area contributed by atoms with E-state index in [1.807, 2.05) is 20.8 Å². The number of halogens is 1. The molecule has 3 nitrogen and oxygen atoms in total. The Balaban J connectivity index is 3.14. The van der Waals surface area contributed by atoms with Crippen molar-refractivity contribution in [3.8, 4) is 0 Å². The van der Waals surface area contributed by atoms with Gasteiger partial charge in [0.15, 0.2) is 8.32 Å². The van der Waals surface area contributed by atoms with Gasteiger partial charge in [-0.3, -0.25) is 0 Å². The Morgan fingerprint density at radius 1 is 1.12 bits per heavy atom. The van der Waals surface area contributed by atoms with Crippen molar-refractivity contribution in [1.82, 2.24) is 0 Å². The number of hydrogen-bond donors (Lipinski definition) is 0. The van der Waals surface area contributed by atoms with Crippen molar-refractivity contribution in [2.24, 2.45) is 4.40 Å². The van der Waals surface area contributed by atoms with Crippen LogP contribution in [0, 0.1) is 5.82 Å². The van der Waals surface area contributed by atoms with E-state index in [-0.39, 0.29) is 17.5 Å². The Labute approximate surface area is 149 Å². The summed E-state index contributed by atoms with van der Waals surface area (Å²) in [7, 11) is -3.36. The largest absolute Gasteiger partial charge is 0.411 e. The summed E-state index contributed by atoms with van der Waals surface area (Å²) in [6.07, 6.45) is 0. The van der Waals surface area contributed by atoms with Gasteiger partial charge in [0.25, 0.3) is 0 Å². The molecule has 0 amide bonds. The highest BCUT2D eigenvalue weighted by Gasteiger charge is 2.37. The summed E-state index contributed by atoms with van der Waals surface area (Å²) in [4.78, 5) is 0. The van der Waals surface area contributed by atoms with Crippen LogP contribution in [-0.4, -0.2) is 29.6 Å². The van der Waals surface area contributed by atoms with Crippen LogP contribution in [0.25, 0.3) is 0 Å². The van der Waals surface area contributed by atoms with Gasteiger partial charge in [0.2, 0.25) is 0 Å². The lowest BCUT2D eigenvalue weighted by Crippen LogP contribution is -2.42. The van der Waals surface area contributed by atoms with Gasteiger partial charge in [-0.2, -0.15) is 4.40 Å². The third-order valence-corrected chi connectivity index (χ3v) is 10.2. The van der Waals surface area contributed by atoms with Crippen LogP contribution in [0.4, 0.5) is 4.39 Å². The van der Waals surface area contributed by atoms with Crippen LogP contribution in [0.1, 0.15) is 47.1 Å². The molecule has 0 aliphatic carbocycles. The van der Waals surface area contributed by atoms with Crippen molar-refractivity contribution >= 4 is 25.0 Å². The van der Waals surface area contributed by atoms with Gasteiger partial charge < -0.3 is 4.43 Å². The van der Waals surface area contributed by atoms with Gasteiger partial charge in [0, 0.05) is 0 Å². The second-order valence-electron chi connectivity index (χ2n) is 8.46. The van der Waals surface area contributed by atoms with Crippen LogP contribution in [0.3, 0.4) is 0 Å². The summed E-state index contributed by atoms with van der Waals surface area (Å²) in [6, 6.07) is 6.08. The molecule has 1 aromatic carbocycles. The lowest BCUT2D eigenvalue weighted by atomic mass is 10.1.